The summed E-state index contributed by atoms with van der Waals surface area (Å²) >= 11 is 3.44. The number of nitrogens with one attached hydrogen (secondary N) is 2. The van der Waals surface area contributed by atoms with Crippen LogP contribution in [0, 0.1) is 13.8 Å². The lowest BCUT2D eigenvalue weighted by molar-refractivity contribution is -0.116. The zero-order valence-corrected chi connectivity index (χ0v) is 13.1. The number of anilines is 2. The summed E-state index contributed by atoms with van der Waals surface area (Å²) in [5.74, 6) is 0.176. The van der Waals surface area contributed by atoms with E-state index in [0.29, 0.717) is 5.88 Å². The van der Waals surface area contributed by atoms with Gasteiger partial charge in [0.15, 0.2) is 0 Å². The first-order chi connectivity index (χ1) is 9.45. The molecule has 5 nitrogen and oxygen atoms in total. The lowest BCUT2D eigenvalue weighted by Crippen LogP contribution is -2.31. The van der Waals surface area contributed by atoms with E-state index in [4.69, 9.17) is 4.52 Å². The second kappa shape index (κ2) is 6.09. The lowest BCUT2D eigenvalue weighted by atomic mass is 10.2. The summed E-state index contributed by atoms with van der Waals surface area (Å²) in [6, 6.07) is 7.13. The highest BCUT2D eigenvalue weighted by Gasteiger charge is 2.15. The summed E-state index contributed by atoms with van der Waals surface area (Å²) in [7, 11) is 0. The third-order valence-electron chi connectivity index (χ3n) is 2.81. The van der Waals surface area contributed by atoms with Crippen molar-refractivity contribution in [2.45, 2.75) is 26.8 Å². The zero-order valence-electron chi connectivity index (χ0n) is 11.5. The predicted octanol–water partition coefficient (Wildman–Crippen LogP) is 3.49. The highest BCUT2D eigenvalue weighted by atomic mass is 79.9. The molecule has 1 aromatic carbocycles. The van der Waals surface area contributed by atoms with Crippen LogP contribution in [0.25, 0.3) is 0 Å². The third kappa shape index (κ3) is 3.60. The third-order valence-corrected chi connectivity index (χ3v) is 3.70. The zero-order chi connectivity index (χ0) is 14.7. The van der Waals surface area contributed by atoms with Crippen LogP contribution in [0.15, 0.2) is 33.3 Å². The van der Waals surface area contributed by atoms with Gasteiger partial charge in [-0.2, -0.15) is 0 Å². The maximum atomic E-state index is 12.0. The molecule has 0 aliphatic rings. The quantitative estimate of drug-likeness (QED) is 0.895. The molecule has 2 N–H and O–H groups in total. The van der Waals surface area contributed by atoms with Gasteiger partial charge >= 0.3 is 0 Å². The minimum absolute atomic E-state index is 0.179. The van der Waals surface area contributed by atoms with Crippen LogP contribution in [-0.2, 0) is 4.79 Å². The molecule has 0 saturated heterocycles. The number of aromatic nitrogens is 1. The molecule has 0 saturated carbocycles. The van der Waals surface area contributed by atoms with E-state index in [1.54, 1.807) is 19.9 Å². The summed E-state index contributed by atoms with van der Waals surface area (Å²) in [5, 5.41) is 9.53. The maximum Gasteiger partial charge on any atom is 0.248 e. The van der Waals surface area contributed by atoms with Crippen molar-refractivity contribution in [3.05, 3.63) is 40.0 Å². The molecule has 1 aromatic heterocycles. The van der Waals surface area contributed by atoms with Crippen molar-refractivity contribution in [2.75, 3.05) is 10.6 Å². The molecule has 0 aliphatic heterocycles. The minimum Gasteiger partial charge on any atom is -0.374 e. The summed E-state index contributed by atoms with van der Waals surface area (Å²) in [6.07, 6.45) is 0. The van der Waals surface area contributed by atoms with Crippen LogP contribution in [0.4, 0.5) is 11.6 Å². The Labute approximate surface area is 125 Å². The number of carbonyl (C=O) groups excluding carboxylic acids is 1. The Hall–Kier alpha value is -1.82. The summed E-state index contributed by atoms with van der Waals surface area (Å²) < 4.78 is 5.99. The van der Waals surface area contributed by atoms with Gasteiger partial charge in [-0.15, -0.1) is 0 Å². The van der Waals surface area contributed by atoms with Gasteiger partial charge in [-0.1, -0.05) is 21.1 Å². The van der Waals surface area contributed by atoms with Crippen molar-refractivity contribution in [3.63, 3.8) is 0 Å². The molecule has 0 radical (unpaired) electrons. The SMILES string of the molecule is Cc1cc(NC(=O)C(C)Nc2ccc(Br)c(C)c2)on1. The van der Waals surface area contributed by atoms with Gasteiger partial charge < -0.3 is 9.84 Å². The number of rotatable bonds is 4. The number of hydrogen-bond donors (Lipinski definition) is 2. The van der Waals surface area contributed by atoms with Gasteiger partial charge in [0.25, 0.3) is 0 Å². The highest BCUT2D eigenvalue weighted by molar-refractivity contribution is 9.10. The average Bonchev–Trinajstić information content (AvgIpc) is 2.79. The molecular weight excluding hydrogens is 322 g/mol. The topological polar surface area (TPSA) is 67.2 Å². The van der Waals surface area contributed by atoms with E-state index in [9.17, 15) is 4.79 Å². The molecular formula is C14H16BrN3O2. The first-order valence-corrected chi connectivity index (χ1v) is 7.02. The minimum atomic E-state index is -0.388. The molecule has 0 fully saturated rings. The normalized spacial score (nSPS) is 12.0. The fourth-order valence-electron chi connectivity index (χ4n) is 1.70. The van der Waals surface area contributed by atoms with Crippen LogP contribution in [-0.4, -0.2) is 17.1 Å². The van der Waals surface area contributed by atoms with Crippen molar-refractivity contribution in [1.82, 2.24) is 5.16 Å². The molecule has 0 spiro atoms. The second-order valence-electron chi connectivity index (χ2n) is 4.65. The van der Waals surface area contributed by atoms with E-state index < -0.39 is 0 Å². The molecule has 1 unspecified atom stereocenters. The van der Waals surface area contributed by atoms with Crippen molar-refractivity contribution < 1.29 is 9.32 Å². The Morgan fingerprint density at radius 1 is 1.35 bits per heavy atom. The monoisotopic (exact) mass is 337 g/mol. The summed E-state index contributed by atoms with van der Waals surface area (Å²) in [4.78, 5) is 12.0. The largest absolute Gasteiger partial charge is 0.374 e. The molecule has 1 amide bonds. The Bertz CT molecular complexity index is 625. The smallest absolute Gasteiger partial charge is 0.248 e. The fourth-order valence-corrected chi connectivity index (χ4v) is 1.95. The van der Waals surface area contributed by atoms with Gasteiger partial charge in [0.1, 0.15) is 6.04 Å². The van der Waals surface area contributed by atoms with E-state index >= 15 is 0 Å². The van der Waals surface area contributed by atoms with E-state index in [-0.39, 0.29) is 11.9 Å². The Morgan fingerprint density at radius 3 is 2.70 bits per heavy atom. The number of hydrogen-bond acceptors (Lipinski definition) is 4. The molecule has 106 valence electrons. The molecule has 20 heavy (non-hydrogen) atoms. The number of nitrogens with zero attached hydrogens (tertiary/aromatic N) is 1. The van der Waals surface area contributed by atoms with Gasteiger partial charge in [0, 0.05) is 16.2 Å². The average molecular weight is 338 g/mol. The van der Waals surface area contributed by atoms with Gasteiger partial charge in [-0.3, -0.25) is 10.1 Å². The summed E-state index contributed by atoms with van der Waals surface area (Å²) in [6.45, 7) is 5.58. The molecule has 2 aromatic rings. The first-order valence-electron chi connectivity index (χ1n) is 6.22. The standard InChI is InChI=1S/C14H16BrN3O2/c1-8-6-11(4-5-12(8)15)16-10(3)14(19)17-13-7-9(2)18-20-13/h4-7,10,16H,1-3H3,(H,17,19). The van der Waals surface area contributed by atoms with Gasteiger partial charge in [0.05, 0.1) is 5.69 Å². The fraction of sp³-hybridized carbons (Fsp3) is 0.286. The second-order valence-corrected chi connectivity index (χ2v) is 5.51. The van der Waals surface area contributed by atoms with Crippen molar-refractivity contribution in [2.24, 2.45) is 0 Å². The van der Waals surface area contributed by atoms with Gasteiger partial charge in [0.2, 0.25) is 11.8 Å². The summed E-state index contributed by atoms with van der Waals surface area (Å²) in [5.41, 5.74) is 2.72. The van der Waals surface area contributed by atoms with E-state index in [1.165, 1.54) is 0 Å². The van der Waals surface area contributed by atoms with Crippen LogP contribution in [0.1, 0.15) is 18.2 Å². The molecule has 0 aliphatic carbocycles. The Morgan fingerprint density at radius 2 is 2.10 bits per heavy atom. The van der Waals surface area contributed by atoms with Gasteiger partial charge in [-0.05, 0) is 44.5 Å². The molecule has 1 heterocycles. The van der Waals surface area contributed by atoms with Gasteiger partial charge in [-0.25, -0.2) is 0 Å². The van der Waals surface area contributed by atoms with Crippen LogP contribution < -0.4 is 10.6 Å². The predicted molar refractivity (Wildman–Crippen MR) is 81.8 cm³/mol. The first kappa shape index (κ1) is 14.6. The Kier molecular flexibility index (Phi) is 4.44. The number of benzene rings is 1. The van der Waals surface area contributed by atoms with Crippen molar-refractivity contribution in [1.29, 1.82) is 0 Å². The number of carbonyl (C=O) groups is 1. The van der Waals surface area contributed by atoms with Crippen molar-refractivity contribution >= 4 is 33.4 Å². The van der Waals surface area contributed by atoms with Crippen LogP contribution in [0.2, 0.25) is 0 Å². The highest BCUT2D eigenvalue weighted by Crippen LogP contribution is 2.20. The van der Waals surface area contributed by atoms with E-state index in [0.717, 1.165) is 21.4 Å². The van der Waals surface area contributed by atoms with E-state index in [1.807, 2.05) is 25.1 Å². The Balaban J connectivity index is 1.98. The number of halogens is 1. The molecule has 2 rings (SSSR count). The molecule has 1 atom stereocenters. The number of amides is 1. The van der Waals surface area contributed by atoms with Crippen LogP contribution in [0.5, 0.6) is 0 Å². The lowest BCUT2D eigenvalue weighted by Gasteiger charge is -2.14. The van der Waals surface area contributed by atoms with Crippen LogP contribution >= 0.6 is 15.9 Å². The van der Waals surface area contributed by atoms with Crippen LogP contribution in [0.3, 0.4) is 0 Å². The number of aryl methyl sites for hydroxylation is 2. The molecule has 0 bridgehead atoms. The molecule has 6 heteroatoms. The van der Waals surface area contributed by atoms with Crippen molar-refractivity contribution in [3.8, 4) is 0 Å². The maximum absolute atomic E-state index is 12.0. The van der Waals surface area contributed by atoms with E-state index in [2.05, 4.69) is 31.7 Å².